The van der Waals surface area contributed by atoms with Crippen molar-refractivity contribution in [3.05, 3.63) is 70.2 Å². The first kappa shape index (κ1) is 14.7. The van der Waals surface area contributed by atoms with Gasteiger partial charge in [0.15, 0.2) is 5.60 Å². The summed E-state index contributed by atoms with van der Waals surface area (Å²) >= 11 is 6.30. The Bertz CT molecular complexity index is 761. The lowest BCUT2D eigenvalue weighted by atomic mass is 9.81. The molecule has 2 aromatic rings. The van der Waals surface area contributed by atoms with E-state index in [1.54, 1.807) is 0 Å². The maximum Gasteiger partial charge on any atom is 0.255 e. The molecule has 2 aromatic carbocycles. The number of ether oxygens (including phenoxy) is 1. The number of fused-ring (bicyclic) bond motifs is 3. The number of halogens is 1. The normalized spacial score (nSPS) is 26.1. The van der Waals surface area contributed by atoms with Gasteiger partial charge in [-0.3, -0.25) is 4.79 Å². The third kappa shape index (κ3) is 2.27. The highest BCUT2D eigenvalue weighted by molar-refractivity contribution is 6.31. The van der Waals surface area contributed by atoms with Crippen LogP contribution in [-0.4, -0.2) is 23.0 Å². The predicted molar refractivity (Wildman–Crippen MR) is 89.2 cm³/mol. The standard InChI is InChI=1S/C19H18ClNO2/c1-19-16(14-8-5-9-17(20)15(14)12-23-19)11-21(18(19)22)10-13-6-3-2-4-7-13/h2-9,16H,10-12H2,1H3/t16-,19-/m1/s1. The van der Waals surface area contributed by atoms with E-state index in [0.29, 0.717) is 19.7 Å². The van der Waals surface area contributed by atoms with Gasteiger partial charge in [0.2, 0.25) is 0 Å². The smallest absolute Gasteiger partial charge is 0.255 e. The van der Waals surface area contributed by atoms with E-state index in [1.165, 1.54) is 0 Å². The van der Waals surface area contributed by atoms with Crippen LogP contribution in [0, 0.1) is 0 Å². The van der Waals surface area contributed by atoms with Crippen molar-refractivity contribution in [2.24, 2.45) is 0 Å². The van der Waals surface area contributed by atoms with Crippen LogP contribution in [-0.2, 0) is 22.7 Å². The molecule has 2 heterocycles. The van der Waals surface area contributed by atoms with Crippen molar-refractivity contribution in [3.8, 4) is 0 Å². The fraction of sp³-hybridized carbons (Fsp3) is 0.316. The number of carbonyl (C=O) groups excluding carboxylic acids is 1. The zero-order valence-corrected chi connectivity index (χ0v) is 13.7. The molecule has 118 valence electrons. The molecule has 2 aliphatic heterocycles. The van der Waals surface area contributed by atoms with Crippen LogP contribution in [0.5, 0.6) is 0 Å². The third-order valence-corrected chi connectivity index (χ3v) is 5.40. The van der Waals surface area contributed by atoms with Gasteiger partial charge in [0.05, 0.1) is 6.61 Å². The average Bonchev–Trinajstić information content (AvgIpc) is 2.81. The minimum atomic E-state index is -0.785. The predicted octanol–water partition coefficient (Wildman–Crippen LogP) is 3.75. The van der Waals surface area contributed by atoms with Gasteiger partial charge in [-0.15, -0.1) is 0 Å². The molecule has 3 nitrogen and oxygen atoms in total. The monoisotopic (exact) mass is 327 g/mol. The Kier molecular flexibility index (Phi) is 3.43. The lowest BCUT2D eigenvalue weighted by Crippen LogP contribution is -2.44. The van der Waals surface area contributed by atoms with Crippen LogP contribution in [0.15, 0.2) is 48.5 Å². The molecular weight excluding hydrogens is 310 g/mol. The molecule has 0 saturated carbocycles. The summed E-state index contributed by atoms with van der Waals surface area (Å²) in [4.78, 5) is 14.8. The average molecular weight is 328 g/mol. The molecule has 23 heavy (non-hydrogen) atoms. The van der Waals surface area contributed by atoms with Crippen LogP contribution in [0.3, 0.4) is 0 Å². The zero-order valence-electron chi connectivity index (χ0n) is 13.0. The van der Waals surface area contributed by atoms with Gasteiger partial charge < -0.3 is 9.64 Å². The molecule has 4 heteroatoms. The molecule has 0 aromatic heterocycles. The molecule has 0 N–H and O–H groups in total. The van der Waals surface area contributed by atoms with Crippen LogP contribution in [0.25, 0.3) is 0 Å². The number of hydrogen-bond acceptors (Lipinski definition) is 2. The van der Waals surface area contributed by atoms with Gasteiger partial charge in [0.1, 0.15) is 0 Å². The van der Waals surface area contributed by atoms with Crippen molar-refractivity contribution in [2.75, 3.05) is 6.54 Å². The molecule has 2 aliphatic rings. The van der Waals surface area contributed by atoms with Crippen LogP contribution in [0.1, 0.15) is 29.5 Å². The second kappa shape index (κ2) is 5.36. The molecule has 0 aliphatic carbocycles. The second-order valence-corrected chi connectivity index (χ2v) is 6.83. The molecule has 1 amide bonds. The highest BCUT2D eigenvalue weighted by Crippen LogP contribution is 2.46. The van der Waals surface area contributed by atoms with E-state index in [4.69, 9.17) is 16.3 Å². The first-order valence-corrected chi connectivity index (χ1v) is 8.22. The van der Waals surface area contributed by atoms with Gasteiger partial charge in [-0.25, -0.2) is 0 Å². The maximum absolute atomic E-state index is 12.9. The summed E-state index contributed by atoms with van der Waals surface area (Å²) in [5, 5.41) is 0.721. The van der Waals surface area contributed by atoms with E-state index < -0.39 is 5.60 Å². The van der Waals surface area contributed by atoms with E-state index in [9.17, 15) is 4.79 Å². The Hall–Kier alpha value is -1.84. The lowest BCUT2D eigenvalue weighted by molar-refractivity contribution is -0.152. The molecule has 0 radical (unpaired) electrons. The Morgan fingerprint density at radius 3 is 2.78 bits per heavy atom. The quantitative estimate of drug-likeness (QED) is 0.840. The number of likely N-dealkylation sites (tertiary alicyclic amines) is 1. The summed E-state index contributed by atoms with van der Waals surface area (Å²) in [5.41, 5.74) is 2.52. The van der Waals surface area contributed by atoms with Crippen LogP contribution < -0.4 is 0 Å². The fourth-order valence-electron chi connectivity index (χ4n) is 3.71. The lowest BCUT2D eigenvalue weighted by Gasteiger charge is -2.35. The van der Waals surface area contributed by atoms with Gasteiger partial charge >= 0.3 is 0 Å². The maximum atomic E-state index is 12.9. The largest absolute Gasteiger partial charge is 0.360 e. The van der Waals surface area contributed by atoms with Gasteiger partial charge in [-0.1, -0.05) is 54.1 Å². The van der Waals surface area contributed by atoms with Gasteiger partial charge in [0.25, 0.3) is 5.91 Å². The first-order valence-electron chi connectivity index (χ1n) is 7.84. The topological polar surface area (TPSA) is 29.5 Å². The zero-order chi connectivity index (χ0) is 16.0. The van der Waals surface area contributed by atoms with E-state index in [0.717, 1.165) is 21.7 Å². The Balaban J connectivity index is 1.68. The van der Waals surface area contributed by atoms with E-state index in [-0.39, 0.29) is 11.8 Å². The first-order chi connectivity index (χ1) is 11.1. The Morgan fingerprint density at radius 1 is 1.22 bits per heavy atom. The van der Waals surface area contributed by atoms with Crippen LogP contribution >= 0.6 is 11.6 Å². The fourth-order valence-corrected chi connectivity index (χ4v) is 3.95. The van der Waals surface area contributed by atoms with E-state index in [1.807, 2.05) is 54.3 Å². The molecular formula is C19H18ClNO2. The number of nitrogens with zero attached hydrogens (tertiary/aromatic N) is 1. The molecule has 0 spiro atoms. The second-order valence-electron chi connectivity index (χ2n) is 6.43. The number of carbonyl (C=O) groups is 1. The molecule has 1 fully saturated rings. The number of benzene rings is 2. The summed E-state index contributed by atoms with van der Waals surface area (Å²) in [6.07, 6.45) is 0. The highest BCUT2D eigenvalue weighted by Gasteiger charge is 2.54. The van der Waals surface area contributed by atoms with Gasteiger partial charge in [-0.05, 0) is 24.1 Å². The Morgan fingerprint density at radius 2 is 2.00 bits per heavy atom. The minimum Gasteiger partial charge on any atom is -0.360 e. The van der Waals surface area contributed by atoms with E-state index >= 15 is 0 Å². The van der Waals surface area contributed by atoms with Crippen LogP contribution in [0.2, 0.25) is 5.02 Å². The molecule has 0 bridgehead atoms. The summed E-state index contributed by atoms with van der Waals surface area (Å²) in [5.74, 6) is 0.0955. The van der Waals surface area contributed by atoms with Crippen molar-refractivity contribution >= 4 is 17.5 Å². The van der Waals surface area contributed by atoms with Crippen molar-refractivity contribution in [1.82, 2.24) is 4.90 Å². The van der Waals surface area contributed by atoms with Gasteiger partial charge in [-0.2, -0.15) is 0 Å². The number of amides is 1. The molecule has 4 rings (SSSR count). The molecule has 1 saturated heterocycles. The van der Waals surface area contributed by atoms with E-state index in [2.05, 4.69) is 6.07 Å². The summed E-state index contributed by atoms with van der Waals surface area (Å²) in [6, 6.07) is 16.0. The van der Waals surface area contributed by atoms with Gasteiger partial charge in [0, 0.05) is 29.6 Å². The summed E-state index contributed by atoms with van der Waals surface area (Å²) in [7, 11) is 0. The summed E-state index contributed by atoms with van der Waals surface area (Å²) in [6.45, 7) is 3.59. The number of rotatable bonds is 2. The summed E-state index contributed by atoms with van der Waals surface area (Å²) < 4.78 is 6.00. The molecule has 0 unspecified atom stereocenters. The third-order valence-electron chi connectivity index (χ3n) is 5.04. The SMILES string of the molecule is C[C@@]12OCc3c(Cl)cccc3[C@H]1CN(Cc1ccccc1)C2=O. The minimum absolute atomic E-state index is 0.0289. The van der Waals surface area contributed by atoms with Crippen molar-refractivity contribution in [3.63, 3.8) is 0 Å². The van der Waals surface area contributed by atoms with Crippen molar-refractivity contribution in [1.29, 1.82) is 0 Å². The van der Waals surface area contributed by atoms with Crippen LogP contribution in [0.4, 0.5) is 0 Å². The van der Waals surface area contributed by atoms with Crippen molar-refractivity contribution < 1.29 is 9.53 Å². The molecule has 2 atom stereocenters. The highest BCUT2D eigenvalue weighted by atomic mass is 35.5. The number of hydrogen-bond donors (Lipinski definition) is 0. The van der Waals surface area contributed by atoms with Crippen molar-refractivity contribution in [2.45, 2.75) is 31.6 Å². The Labute approximate surface area is 140 Å².